The average Bonchev–Trinajstić information content (AvgIpc) is 3.64. The predicted molar refractivity (Wildman–Crippen MR) is 163 cm³/mol. The van der Waals surface area contributed by atoms with Crippen LogP contribution in [0, 0.1) is 0 Å². The maximum absolute atomic E-state index is 12.3. The van der Waals surface area contributed by atoms with Crippen molar-refractivity contribution in [3.63, 3.8) is 0 Å². The van der Waals surface area contributed by atoms with Crippen molar-refractivity contribution in [3.8, 4) is 11.4 Å². The van der Waals surface area contributed by atoms with Gasteiger partial charge in [0.2, 0.25) is 5.95 Å². The maximum atomic E-state index is 12.3. The quantitative estimate of drug-likeness (QED) is 0.315. The minimum absolute atomic E-state index is 0.134. The van der Waals surface area contributed by atoms with E-state index in [9.17, 15) is 4.79 Å². The summed E-state index contributed by atoms with van der Waals surface area (Å²) < 4.78 is 12.8. The third kappa shape index (κ3) is 5.42. The second-order valence-electron chi connectivity index (χ2n) is 10.5. The summed E-state index contributed by atoms with van der Waals surface area (Å²) in [5.74, 6) is 0.948. The second kappa shape index (κ2) is 11.6. The molecule has 3 N–H and O–H groups in total. The molecule has 3 aromatic heterocycles. The van der Waals surface area contributed by atoms with Gasteiger partial charge in [0.05, 0.1) is 31.1 Å². The Morgan fingerprint density at radius 2 is 1.83 bits per heavy atom. The zero-order valence-corrected chi connectivity index (χ0v) is 24.5. The molecule has 0 atom stereocenters. The van der Waals surface area contributed by atoms with Crippen LogP contribution in [0.4, 0.5) is 23.1 Å². The van der Waals surface area contributed by atoms with Gasteiger partial charge in [0.15, 0.2) is 5.82 Å². The minimum Gasteiger partial charge on any atom is -0.494 e. The fraction of sp³-hybridized carbons (Fsp3) is 0.414. The van der Waals surface area contributed by atoms with Gasteiger partial charge in [-0.25, -0.2) is 9.78 Å². The molecular weight excluding hydrogens is 540 g/mol. The number of likely N-dealkylation sites (N-methyl/N-ethyl adjacent to an activating group) is 1. The van der Waals surface area contributed by atoms with Gasteiger partial charge in [-0.1, -0.05) is 0 Å². The highest BCUT2D eigenvalue weighted by Gasteiger charge is 2.27. The van der Waals surface area contributed by atoms with Crippen molar-refractivity contribution < 1.29 is 14.3 Å². The lowest BCUT2D eigenvalue weighted by Gasteiger charge is -2.42. The Morgan fingerprint density at radius 1 is 1.05 bits per heavy atom. The topological polar surface area (TPSA) is 114 Å². The average molecular weight is 577 g/mol. The number of anilines is 4. The molecule has 12 heteroatoms. The Labute approximate surface area is 243 Å². The molecule has 5 heterocycles. The van der Waals surface area contributed by atoms with Crippen molar-refractivity contribution in [1.82, 2.24) is 24.3 Å². The first-order chi connectivity index (χ1) is 19.9. The van der Waals surface area contributed by atoms with Crippen molar-refractivity contribution >= 4 is 51.5 Å². The number of thiophene rings is 1. The number of hydrogen-bond acceptors (Lipinski definition) is 11. The number of nitrogens with one attached hydrogen (secondary N) is 1. The van der Waals surface area contributed by atoms with Crippen LogP contribution in [0.3, 0.4) is 0 Å². The van der Waals surface area contributed by atoms with Crippen molar-refractivity contribution in [2.75, 3.05) is 76.5 Å². The van der Waals surface area contributed by atoms with Gasteiger partial charge in [-0.15, -0.1) is 11.3 Å². The largest absolute Gasteiger partial charge is 0.494 e. The van der Waals surface area contributed by atoms with Crippen LogP contribution in [0.1, 0.15) is 22.5 Å². The zero-order chi connectivity index (χ0) is 28.5. The summed E-state index contributed by atoms with van der Waals surface area (Å²) in [6, 6.07) is 10.7. The van der Waals surface area contributed by atoms with Gasteiger partial charge in [0.1, 0.15) is 16.1 Å². The Balaban J connectivity index is 1.27. The van der Waals surface area contributed by atoms with Crippen LogP contribution < -0.4 is 20.7 Å². The van der Waals surface area contributed by atoms with Crippen molar-refractivity contribution in [2.45, 2.75) is 18.9 Å². The molecule has 41 heavy (non-hydrogen) atoms. The van der Waals surface area contributed by atoms with Crippen molar-refractivity contribution in [2.24, 2.45) is 0 Å². The Hall–Kier alpha value is -3.87. The van der Waals surface area contributed by atoms with Gasteiger partial charge in [0, 0.05) is 63.3 Å². The molecule has 0 saturated carbocycles. The Bertz CT molecular complexity index is 1540. The molecule has 0 bridgehead atoms. The van der Waals surface area contributed by atoms with Crippen LogP contribution in [-0.4, -0.2) is 96.9 Å². The summed E-state index contributed by atoms with van der Waals surface area (Å²) in [5.41, 5.74) is 10.0. The Kier molecular flexibility index (Phi) is 7.69. The van der Waals surface area contributed by atoms with E-state index in [0.717, 1.165) is 61.9 Å². The number of esters is 1. The summed E-state index contributed by atoms with van der Waals surface area (Å²) in [7, 11) is 5.26. The number of carbonyl (C=O) groups is 1. The van der Waals surface area contributed by atoms with E-state index < -0.39 is 5.97 Å². The Morgan fingerprint density at radius 3 is 2.56 bits per heavy atom. The van der Waals surface area contributed by atoms with E-state index in [1.54, 1.807) is 7.11 Å². The molecular formula is C29H36N8O3S. The number of ether oxygens (including phenoxy) is 2. The molecule has 2 fully saturated rings. The standard InChI is InChI=1S/C29H36N8O3S/c1-34-13-15-36(16-14-34)19-6-10-35(11-7-19)20-4-5-23(24(18-20)39-2)37-12-8-21-25(37)27(33-29(30)32-21)31-22-9-17-41-26(22)28(38)40-3/h4-5,8-9,12,17-19H,6-7,10-11,13-16H2,1-3H3,(H3,30,31,32,33). The van der Waals surface area contributed by atoms with Gasteiger partial charge < -0.3 is 34.9 Å². The van der Waals surface area contributed by atoms with E-state index in [2.05, 4.69) is 55.2 Å². The van der Waals surface area contributed by atoms with E-state index in [1.165, 1.54) is 31.3 Å². The third-order valence-corrected chi connectivity index (χ3v) is 9.04. The summed E-state index contributed by atoms with van der Waals surface area (Å²) in [5, 5.41) is 5.11. The normalized spacial score (nSPS) is 17.2. The number of benzene rings is 1. The first-order valence-corrected chi connectivity index (χ1v) is 14.8. The lowest BCUT2D eigenvalue weighted by molar-refractivity contribution is 0.0607. The highest BCUT2D eigenvalue weighted by Crippen LogP contribution is 2.36. The van der Waals surface area contributed by atoms with Crippen molar-refractivity contribution in [3.05, 3.63) is 46.8 Å². The maximum Gasteiger partial charge on any atom is 0.350 e. The third-order valence-electron chi connectivity index (χ3n) is 8.15. The molecule has 6 rings (SSSR count). The number of piperidine rings is 1. The van der Waals surface area contributed by atoms with Gasteiger partial charge in [-0.05, 0) is 49.5 Å². The smallest absolute Gasteiger partial charge is 0.350 e. The van der Waals surface area contributed by atoms with Crippen LogP contribution in [0.2, 0.25) is 0 Å². The lowest BCUT2D eigenvalue weighted by Crippen LogP contribution is -2.52. The predicted octanol–water partition coefficient (Wildman–Crippen LogP) is 3.82. The van der Waals surface area contributed by atoms with E-state index >= 15 is 0 Å². The molecule has 2 saturated heterocycles. The van der Waals surface area contributed by atoms with Crippen molar-refractivity contribution in [1.29, 1.82) is 0 Å². The monoisotopic (exact) mass is 576 g/mol. The lowest BCUT2D eigenvalue weighted by atomic mass is 10.0. The number of nitrogens with zero attached hydrogens (tertiary/aromatic N) is 6. The highest BCUT2D eigenvalue weighted by molar-refractivity contribution is 7.12. The summed E-state index contributed by atoms with van der Waals surface area (Å²) >= 11 is 1.30. The number of carbonyl (C=O) groups excluding carboxylic acids is 1. The minimum atomic E-state index is -0.416. The highest BCUT2D eigenvalue weighted by atomic mass is 32.1. The van der Waals surface area contributed by atoms with Crippen LogP contribution in [-0.2, 0) is 4.74 Å². The molecule has 0 aliphatic carbocycles. The number of piperazine rings is 1. The zero-order valence-electron chi connectivity index (χ0n) is 23.7. The summed E-state index contributed by atoms with van der Waals surface area (Å²) in [4.78, 5) is 29.2. The van der Waals surface area contributed by atoms with Gasteiger partial charge >= 0.3 is 5.97 Å². The molecule has 0 spiro atoms. The van der Waals surface area contributed by atoms with Gasteiger partial charge in [-0.2, -0.15) is 4.98 Å². The SMILES string of the molecule is COC(=O)c1sccc1Nc1nc(N)nc2ccn(-c3ccc(N4CCC(N5CCN(C)CC5)CC4)cc3OC)c12. The number of nitrogens with two attached hydrogens (primary N) is 1. The molecule has 0 unspecified atom stereocenters. The number of fused-ring (bicyclic) bond motifs is 1. The van der Waals surface area contributed by atoms with Crippen LogP contribution in [0.25, 0.3) is 16.7 Å². The molecule has 0 amide bonds. The van der Waals surface area contributed by atoms with E-state index in [4.69, 9.17) is 15.2 Å². The van der Waals surface area contributed by atoms with Crippen LogP contribution in [0.15, 0.2) is 41.9 Å². The first kappa shape index (κ1) is 27.3. The molecule has 2 aliphatic rings. The number of hydrogen-bond donors (Lipinski definition) is 2. The number of aromatic nitrogens is 3. The second-order valence-corrected chi connectivity index (χ2v) is 11.5. The molecule has 2 aliphatic heterocycles. The number of methoxy groups -OCH3 is 2. The van der Waals surface area contributed by atoms with E-state index in [1.807, 2.05) is 28.3 Å². The number of nitrogen functional groups attached to an aromatic ring is 1. The molecule has 1 aromatic carbocycles. The van der Waals surface area contributed by atoms with Gasteiger partial charge in [0.25, 0.3) is 0 Å². The fourth-order valence-electron chi connectivity index (χ4n) is 5.88. The molecule has 216 valence electrons. The summed E-state index contributed by atoms with van der Waals surface area (Å²) in [6.07, 6.45) is 4.26. The van der Waals surface area contributed by atoms with E-state index in [0.29, 0.717) is 27.9 Å². The van der Waals surface area contributed by atoms with Crippen LogP contribution in [0.5, 0.6) is 5.75 Å². The van der Waals surface area contributed by atoms with E-state index in [-0.39, 0.29) is 5.95 Å². The van der Waals surface area contributed by atoms with Gasteiger partial charge in [-0.3, -0.25) is 4.90 Å². The molecule has 4 aromatic rings. The van der Waals surface area contributed by atoms with Crippen LogP contribution >= 0.6 is 11.3 Å². The fourth-order valence-corrected chi connectivity index (χ4v) is 6.64. The first-order valence-electron chi connectivity index (χ1n) is 13.9. The molecule has 0 radical (unpaired) electrons. The molecule has 11 nitrogen and oxygen atoms in total. The number of rotatable bonds is 7. The summed E-state index contributed by atoms with van der Waals surface area (Å²) in [6.45, 7) is 6.68.